The predicted molar refractivity (Wildman–Crippen MR) is 151 cm³/mol. The quantitative estimate of drug-likeness (QED) is 0.0969. The lowest BCUT2D eigenvalue weighted by molar-refractivity contribution is -0.0993. The maximum Gasteiger partial charge on any atom is 0.265 e. The van der Waals surface area contributed by atoms with Gasteiger partial charge in [0.15, 0.2) is 0 Å². The lowest BCUT2D eigenvalue weighted by Crippen LogP contribution is -2.42. The Morgan fingerprint density at radius 2 is 1.32 bits per heavy atom. The smallest absolute Gasteiger partial charge is 0.265 e. The zero-order chi connectivity index (χ0) is 26.3. The van der Waals surface area contributed by atoms with Crippen LogP contribution in [0.2, 0.25) is 0 Å². The van der Waals surface area contributed by atoms with Crippen molar-refractivity contribution in [3.05, 3.63) is 132 Å². The Morgan fingerprint density at radius 1 is 0.838 bits per heavy atom. The van der Waals surface area contributed by atoms with E-state index in [1.807, 2.05) is 66.7 Å². The van der Waals surface area contributed by atoms with Crippen molar-refractivity contribution in [2.24, 2.45) is 0 Å². The molecule has 37 heavy (non-hydrogen) atoms. The second kappa shape index (κ2) is 12.3. The highest BCUT2D eigenvalue weighted by molar-refractivity contribution is 6.76. The molecule has 3 aromatic carbocycles. The first kappa shape index (κ1) is 27.4. The van der Waals surface area contributed by atoms with E-state index in [9.17, 15) is 0 Å². The number of halogens is 3. The molecule has 3 aromatic rings. The Morgan fingerprint density at radius 3 is 1.76 bits per heavy atom. The van der Waals surface area contributed by atoms with Gasteiger partial charge in [-0.2, -0.15) is 0 Å². The Bertz CT molecular complexity index is 1100. The zero-order valence-electron chi connectivity index (χ0n) is 20.1. The monoisotopic (exact) mass is 555 g/mol. The molecule has 0 amide bonds. The molecule has 0 saturated carbocycles. The molecular weight excluding hydrogens is 529 g/mol. The molecule has 0 spiro atoms. The summed E-state index contributed by atoms with van der Waals surface area (Å²) in [4.78, 5) is 0. The molecule has 4 nitrogen and oxygen atoms in total. The minimum Gasteiger partial charge on any atom is -0.468 e. The van der Waals surface area contributed by atoms with Crippen molar-refractivity contribution < 1.29 is 14.2 Å². The van der Waals surface area contributed by atoms with Gasteiger partial charge in [-0.3, -0.25) is 5.41 Å². The van der Waals surface area contributed by atoms with Crippen molar-refractivity contribution in [2.75, 3.05) is 6.61 Å². The first-order valence-corrected chi connectivity index (χ1v) is 13.1. The number of rotatable bonds is 9. The molecule has 4 rings (SSSR count). The third-order valence-corrected chi connectivity index (χ3v) is 6.66. The summed E-state index contributed by atoms with van der Waals surface area (Å²) < 4.78 is 16.9. The zero-order valence-corrected chi connectivity index (χ0v) is 22.4. The molecule has 0 aliphatic carbocycles. The second-order valence-corrected chi connectivity index (χ2v) is 10.9. The number of nitrogens with one attached hydrogen (secondary N) is 1. The topological polar surface area (TPSA) is 51.5 Å². The largest absolute Gasteiger partial charge is 0.468 e. The summed E-state index contributed by atoms with van der Waals surface area (Å²) in [5.41, 5.74) is 2.16. The van der Waals surface area contributed by atoms with Gasteiger partial charge >= 0.3 is 0 Å². The van der Waals surface area contributed by atoms with E-state index in [2.05, 4.69) is 43.0 Å². The van der Waals surface area contributed by atoms with E-state index in [1.54, 1.807) is 6.08 Å². The van der Waals surface area contributed by atoms with Crippen LogP contribution in [0, 0.1) is 5.41 Å². The van der Waals surface area contributed by atoms with Crippen LogP contribution in [0.3, 0.4) is 0 Å². The van der Waals surface area contributed by atoms with Crippen LogP contribution in [-0.4, -0.2) is 34.6 Å². The maximum atomic E-state index is 7.94. The fourth-order valence-electron chi connectivity index (χ4n) is 4.45. The van der Waals surface area contributed by atoms with Gasteiger partial charge in [0, 0.05) is 0 Å². The number of benzene rings is 3. The Balaban J connectivity index is 1.66. The number of ether oxygens (including phenoxy) is 3. The number of hydrogen-bond acceptors (Lipinski definition) is 4. The van der Waals surface area contributed by atoms with Gasteiger partial charge < -0.3 is 14.2 Å². The van der Waals surface area contributed by atoms with Crippen molar-refractivity contribution in [3.8, 4) is 0 Å². The molecule has 1 aliphatic rings. The van der Waals surface area contributed by atoms with Crippen LogP contribution >= 0.6 is 34.8 Å². The summed E-state index contributed by atoms with van der Waals surface area (Å²) in [5, 5.41) is 7.94. The number of alkyl halides is 3. The van der Waals surface area contributed by atoms with Crippen LogP contribution < -0.4 is 0 Å². The molecule has 3 atom stereocenters. The van der Waals surface area contributed by atoms with Crippen molar-refractivity contribution in [3.63, 3.8) is 0 Å². The van der Waals surface area contributed by atoms with Gasteiger partial charge in [-0.05, 0) is 29.2 Å². The molecule has 1 N–H and O–H groups in total. The molecule has 0 aromatic heterocycles. The van der Waals surface area contributed by atoms with E-state index in [0.29, 0.717) is 6.42 Å². The van der Waals surface area contributed by atoms with E-state index in [1.165, 1.54) is 0 Å². The van der Waals surface area contributed by atoms with Crippen LogP contribution in [0.5, 0.6) is 0 Å². The van der Waals surface area contributed by atoms with Gasteiger partial charge in [0.2, 0.25) is 5.90 Å². The SMILES string of the molecule is C=CC[C@H]1O[C@H](COC(c2ccccc2)(c2ccccc2)c2ccccc2)C=C[C@H]1OC(=N)C(Cl)(Cl)Cl. The maximum absolute atomic E-state index is 7.94. The van der Waals surface area contributed by atoms with Crippen molar-refractivity contribution in [1.82, 2.24) is 0 Å². The van der Waals surface area contributed by atoms with E-state index in [0.717, 1.165) is 16.7 Å². The molecule has 0 bridgehead atoms. The molecule has 0 saturated heterocycles. The van der Waals surface area contributed by atoms with Crippen molar-refractivity contribution >= 4 is 40.7 Å². The molecule has 7 heteroatoms. The van der Waals surface area contributed by atoms with E-state index < -0.39 is 27.5 Å². The lowest BCUT2D eigenvalue weighted by atomic mass is 9.80. The summed E-state index contributed by atoms with van der Waals surface area (Å²) in [5.74, 6) is -0.462. The van der Waals surface area contributed by atoms with Gasteiger partial charge in [-0.1, -0.05) is 138 Å². The van der Waals surface area contributed by atoms with Gasteiger partial charge in [-0.15, -0.1) is 6.58 Å². The molecule has 0 unspecified atom stereocenters. The first-order valence-electron chi connectivity index (χ1n) is 11.9. The van der Waals surface area contributed by atoms with Crippen LogP contribution in [0.15, 0.2) is 116 Å². The van der Waals surface area contributed by atoms with E-state index >= 15 is 0 Å². The Hall–Kier alpha value is -2.60. The Labute approximate surface area is 232 Å². The van der Waals surface area contributed by atoms with Gasteiger partial charge in [0.25, 0.3) is 3.79 Å². The molecule has 1 aliphatic heterocycles. The van der Waals surface area contributed by atoms with Gasteiger partial charge in [0.05, 0.1) is 12.7 Å². The Kier molecular flexibility index (Phi) is 9.12. The van der Waals surface area contributed by atoms with Crippen molar-refractivity contribution in [1.29, 1.82) is 5.41 Å². The minimum atomic E-state index is -1.95. The number of hydrogen-bond donors (Lipinski definition) is 1. The second-order valence-electron chi connectivity index (χ2n) is 8.62. The molecule has 0 fully saturated rings. The van der Waals surface area contributed by atoms with Crippen LogP contribution in [-0.2, 0) is 19.8 Å². The third-order valence-electron chi connectivity index (χ3n) is 6.15. The average molecular weight is 557 g/mol. The first-order chi connectivity index (χ1) is 17.8. The summed E-state index contributed by atoms with van der Waals surface area (Å²) in [6, 6.07) is 30.5. The summed E-state index contributed by atoms with van der Waals surface area (Å²) >= 11 is 17.4. The minimum absolute atomic E-state index is 0.261. The van der Waals surface area contributed by atoms with Crippen LogP contribution in [0.4, 0.5) is 0 Å². The highest BCUT2D eigenvalue weighted by Crippen LogP contribution is 2.41. The lowest BCUT2D eigenvalue weighted by Gasteiger charge is -2.38. The van der Waals surface area contributed by atoms with Crippen molar-refractivity contribution in [2.45, 2.75) is 34.1 Å². The normalized spacial score (nSPS) is 19.8. The van der Waals surface area contributed by atoms with Crippen LogP contribution in [0.25, 0.3) is 0 Å². The highest BCUT2D eigenvalue weighted by atomic mass is 35.6. The van der Waals surface area contributed by atoms with E-state index in [-0.39, 0.29) is 12.7 Å². The summed E-state index contributed by atoms with van der Waals surface area (Å²) in [7, 11) is 0. The summed E-state index contributed by atoms with van der Waals surface area (Å²) in [6.45, 7) is 4.09. The predicted octanol–water partition coefficient (Wildman–Crippen LogP) is 7.63. The fourth-order valence-corrected chi connectivity index (χ4v) is 4.58. The molecule has 1 heterocycles. The van der Waals surface area contributed by atoms with Crippen LogP contribution in [0.1, 0.15) is 23.1 Å². The van der Waals surface area contributed by atoms with E-state index in [4.69, 9.17) is 54.4 Å². The van der Waals surface area contributed by atoms with Gasteiger partial charge in [-0.25, -0.2) is 0 Å². The fraction of sp³-hybridized carbons (Fsp3) is 0.233. The third kappa shape index (κ3) is 6.46. The molecule has 192 valence electrons. The average Bonchev–Trinajstić information content (AvgIpc) is 2.92. The molecular formula is C30H28Cl3NO3. The summed E-state index contributed by atoms with van der Waals surface area (Å²) in [6.07, 6.45) is 4.51. The highest BCUT2D eigenvalue weighted by Gasteiger charge is 2.39. The van der Waals surface area contributed by atoms with Gasteiger partial charge in [0.1, 0.15) is 17.8 Å². The standard InChI is InChI=1S/C30H28Cl3NO3/c1-2-12-26-27(37-28(34)30(31,32)33)20-19-25(36-26)21-35-29(22-13-6-3-7-14-22,23-15-8-4-9-16-23)24-17-10-5-11-18-24/h2-11,13-20,25-27,34H,1,12,21H2/t25-,26+,27+/m0/s1. The molecule has 0 radical (unpaired) electrons.